The molecule has 0 fully saturated rings. The largest absolute Gasteiger partial charge is 0.349 e. The Morgan fingerprint density at radius 2 is 1.90 bits per heavy atom. The normalized spacial score (nSPS) is 10.1. The second-order valence-electron chi connectivity index (χ2n) is 3.22. The summed E-state index contributed by atoms with van der Waals surface area (Å²) in [4.78, 5) is 12.6. The first-order chi connectivity index (χ1) is 4.54. The number of carbonyl (C=O) groups excluding carboxylic acids is 1. The van der Waals surface area contributed by atoms with Crippen molar-refractivity contribution in [2.24, 2.45) is 5.92 Å². The Balaban J connectivity index is 3.40. The van der Waals surface area contributed by atoms with Gasteiger partial charge in [-0.05, 0) is 12.3 Å². The Hall–Kier alpha value is -0.530. The second kappa shape index (κ2) is 4.31. The molecule has 0 saturated heterocycles. The van der Waals surface area contributed by atoms with Gasteiger partial charge >= 0.3 is 0 Å². The van der Waals surface area contributed by atoms with E-state index in [0.29, 0.717) is 12.3 Å². The summed E-state index contributed by atoms with van der Waals surface area (Å²) in [5, 5.41) is 0. The van der Waals surface area contributed by atoms with Crippen LogP contribution in [-0.4, -0.2) is 24.9 Å². The minimum absolute atomic E-state index is 0.230. The average Bonchev–Trinajstić information content (AvgIpc) is 1.82. The van der Waals surface area contributed by atoms with Crippen molar-refractivity contribution in [1.29, 1.82) is 0 Å². The van der Waals surface area contributed by atoms with Crippen LogP contribution in [0.15, 0.2) is 0 Å². The fourth-order valence-electron chi connectivity index (χ4n) is 0.636. The fourth-order valence-corrected chi connectivity index (χ4v) is 0.636. The summed E-state index contributed by atoms with van der Waals surface area (Å²) >= 11 is 0. The first kappa shape index (κ1) is 9.47. The highest BCUT2D eigenvalue weighted by molar-refractivity contribution is 5.75. The molecule has 0 heterocycles. The third-order valence-electron chi connectivity index (χ3n) is 1.43. The maximum absolute atomic E-state index is 11.0. The lowest BCUT2D eigenvalue weighted by molar-refractivity contribution is -0.128. The molecule has 0 aliphatic rings. The standard InChI is InChI=1S/C8H17NO/c1-7(2)5-6-8(10)9(3)4/h7H,5-6H2,1-4H3. The Kier molecular flexibility index (Phi) is 4.08. The Labute approximate surface area is 63.2 Å². The molecule has 0 saturated carbocycles. The molecular formula is C8H17NO. The summed E-state index contributed by atoms with van der Waals surface area (Å²) in [5.74, 6) is 0.859. The number of carbonyl (C=O) groups is 1. The average molecular weight is 143 g/mol. The van der Waals surface area contributed by atoms with Gasteiger partial charge in [0.2, 0.25) is 5.91 Å². The molecule has 2 nitrogen and oxygen atoms in total. The predicted octanol–water partition coefficient (Wildman–Crippen LogP) is 1.51. The summed E-state index contributed by atoms with van der Waals surface area (Å²) in [5.41, 5.74) is 0. The van der Waals surface area contributed by atoms with Gasteiger partial charge in [-0.15, -0.1) is 0 Å². The van der Waals surface area contributed by atoms with Crippen LogP contribution in [0.25, 0.3) is 0 Å². The SMILES string of the molecule is CC(C)CCC(=O)N(C)C. The quantitative estimate of drug-likeness (QED) is 0.586. The summed E-state index contributed by atoms with van der Waals surface area (Å²) < 4.78 is 0. The van der Waals surface area contributed by atoms with Gasteiger partial charge in [-0.1, -0.05) is 13.8 Å². The minimum atomic E-state index is 0.230. The van der Waals surface area contributed by atoms with Crippen molar-refractivity contribution in [3.05, 3.63) is 0 Å². The monoisotopic (exact) mass is 143 g/mol. The van der Waals surface area contributed by atoms with Crippen LogP contribution in [0.1, 0.15) is 26.7 Å². The van der Waals surface area contributed by atoms with Crippen molar-refractivity contribution in [3.63, 3.8) is 0 Å². The number of nitrogens with zero attached hydrogens (tertiary/aromatic N) is 1. The molecule has 0 atom stereocenters. The van der Waals surface area contributed by atoms with Crippen LogP contribution in [0.4, 0.5) is 0 Å². The van der Waals surface area contributed by atoms with Crippen LogP contribution < -0.4 is 0 Å². The topological polar surface area (TPSA) is 20.3 Å². The van der Waals surface area contributed by atoms with Gasteiger partial charge in [-0.3, -0.25) is 4.79 Å². The van der Waals surface area contributed by atoms with E-state index in [1.807, 2.05) is 0 Å². The van der Waals surface area contributed by atoms with Gasteiger partial charge in [-0.2, -0.15) is 0 Å². The zero-order valence-electron chi connectivity index (χ0n) is 7.35. The van der Waals surface area contributed by atoms with Crippen LogP contribution >= 0.6 is 0 Å². The van der Waals surface area contributed by atoms with Gasteiger partial charge in [0, 0.05) is 20.5 Å². The molecule has 0 radical (unpaired) electrons. The van der Waals surface area contributed by atoms with Crippen molar-refractivity contribution in [3.8, 4) is 0 Å². The molecule has 0 aromatic heterocycles. The summed E-state index contributed by atoms with van der Waals surface area (Å²) in [6.07, 6.45) is 1.68. The molecule has 0 aliphatic heterocycles. The summed E-state index contributed by atoms with van der Waals surface area (Å²) in [6.45, 7) is 4.26. The Morgan fingerprint density at radius 3 is 2.20 bits per heavy atom. The van der Waals surface area contributed by atoms with E-state index >= 15 is 0 Å². The molecule has 2 heteroatoms. The molecule has 0 unspecified atom stereocenters. The number of hydrogen-bond donors (Lipinski definition) is 0. The molecule has 1 amide bonds. The zero-order chi connectivity index (χ0) is 8.15. The van der Waals surface area contributed by atoms with E-state index in [0.717, 1.165) is 6.42 Å². The molecule has 10 heavy (non-hydrogen) atoms. The van der Waals surface area contributed by atoms with Crippen LogP contribution in [0.3, 0.4) is 0 Å². The molecule has 0 spiro atoms. The van der Waals surface area contributed by atoms with E-state index in [1.165, 1.54) is 0 Å². The highest BCUT2D eigenvalue weighted by Gasteiger charge is 2.03. The van der Waals surface area contributed by atoms with E-state index in [9.17, 15) is 4.79 Å². The van der Waals surface area contributed by atoms with Gasteiger partial charge in [0.25, 0.3) is 0 Å². The molecule has 0 aromatic rings. The van der Waals surface area contributed by atoms with Gasteiger partial charge < -0.3 is 4.90 Å². The first-order valence-corrected chi connectivity index (χ1v) is 3.74. The Bertz CT molecular complexity index is 108. The second-order valence-corrected chi connectivity index (χ2v) is 3.22. The molecule has 0 aromatic carbocycles. The fraction of sp³-hybridized carbons (Fsp3) is 0.875. The van der Waals surface area contributed by atoms with Gasteiger partial charge in [0.1, 0.15) is 0 Å². The lowest BCUT2D eigenvalue weighted by atomic mass is 10.1. The highest BCUT2D eigenvalue weighted by Crippen LogP contribution is 2.04. The maximum Gasteiger partial charge on any atom is 0.222 e. The van der Waals surface area contributed by atoms with Crippen molar-refractivity contribution in [1.82, 2.24) is 4.90 Å². The van der Waals surface area contributed by atoms with E-state index in [1.54, 1.807) is 19.0 Å². The van der Waals surface area contributed by atoms with Crippen LogP contribution in [-0.2, 0) is 4.79 Å². The smallest absolute Gasteiger partial charge is 0.222 e. The molecular weight excluding hydrogens is 126 g/mol. The summed E-state index contributed by atoms with van der Waals surface area (Å²) in [7, 11) is 3.59. The van der Waals surface area contributed by atoms with Crippen molar-refractivity contribution < 1.29 is 4.79 Å². The van der Waals surface area contributed by atoms with Crippen molar-refractivity contribution in [2.45, 2.75) is 26.7 Å². The lowest BCUT2D eigenvalue weighted by Gasteiger charge is -2.10. The van der Waals surface area contributed by atoms with E-state index < -0.39 is 0 Å². The predicted molar refractivity (Wildman–Crippen MR) is 42.8 cm³/mol. The highest BCUT2D eigenvalue weighted by atomic mass is 16.2. The maximum atomic E-state index is 11.0. The number of amides is 1. The van der Waals surface area contributed by atoms with Crippen LogP contribution in [0.2, 0.25) is 0 Å². The molecule has 60 valence electrons. The molecule has 0 N–H and O–H groups in total. The van der Waals surface area contributed by atoms with Gasteiger partial charge in [0.15, 0.2) is 0 Å². The molecule has 0 bridgehead atoms. The first-order valence-electron chi connectivity index (χ1n) is 3.74. The molecule has 0 aliphatic carbocycles. The minimum Gasteiger partial charge on any atom is -0.349 e. The number of hydrogen-bond acceptors (Lipinski definition) is 1. The van der Waals surface area contributed by atoms with E-state index in [2.05, 4.69) is 13.8 Å². The van der Waals surface area contributed by atoms with E-state index in [4.69, 9.17) is 0 Å². The van der Waals surface area contributed by atoms with Crippen LogP contribution in [0.5, 0.6) is 0 Å². The summed E-state index contributed by atoms with van der Waals surface area (Å²) in [6, 6.07) is 0. The van der Waals surface area contributed by atoms with Crippen molar-refractivity contribution in [2.75, 3.05) is 14.1 Å². The molecule has 0 rings (SSSR count). The van der Waals surface area contributed by atoms with Gasteiger partial charge in [0.05, 0.1) is 0 Å². The van der Waals surface area contributed by atoms with E-state index in [-0.39, 0.29) is 5.91 Å². The van der Waals surface area contributed by atoms with Crippen molar-refractivity contribution >= 4 is 5.91 Å². The third kappa shape index (κ3) is 4.36. The Morgan fingerprint density at radius 1 is 1.40 bits per heavy atom. The zero-order valence-corrected chi connectivity index (χ0v) is 7.35. The van der Waals surface area contributed by atoms with Gasteiger partial charge in [-0.25, -0.2) is 0 Å². The lowest BCUT2D eigenvalue weighted by Crippen LogP contribution is -2.21. The number of rotatable bonds is 3. The van der Waals surface area contributed by atoms with Crippen LogP contribution in [0, 0.1) is 5.92 Å². The third-order valence-corrected chi connectivity index (χ3v) is 1.43.